The molecule has 6 heteroatoms. The normalized spacial score (nSPS) is 10.4. The predicted molar refractivity (Wildman–Crippen MR) is 95.1 cm³/mol. The van der Waals surface area contributed by atoms with Crippen molar-refractivity contribution < 1.29 is 4.79 Å². The van der Waals surface area contributed by atoms with Crippen LogP contribution in [-0.4, -0.2) is 28.5 Å². The molecule has 0 atom stereocenters. The average Bonchev–Trinajstić information content (AvgIpc) is 2.56. The van der Waals surface area contributed by atoms with Crippen LogP contribution in [0.5, 0.6) is 0 Å². The van der Waals surface area contributed by atoms with Gasteiger partial charge in [-0.2, -0.15) is 0 Å². The molecule has 1 amide bonds. The Bertz CT molecular complexity index is 723. The fourth-order valence-electron chi connectivity index (χ4n) is 2.32. The van der Waals surface area contributed by atoms with Gasteiger partial charge in [0.2, 0.25) is 5.91 Å². The molecule has 0 fully saturated rings. The van der Waals surface area contributed by atoms with Crippen molar-refractivity contribution in [2.75, 3.05) is 18.4 Å². The van der Waals surface area contributed by atoms with Gasteiger partial charge in [-0.05, 0) is 38.0 Å². The highest BCUT2D eigenvalue weighted by Crippen LogP contribution is 2.03. The van der Waals surface area contributed by atoms with E-state index in [2.05, 4.69) is 15.6 Å². The number of anilines is 1. The standard InChI is InChI=1S/C18H24N4O2/c1-14-7-8-16(21-13-14)19-10-4-11-20-17(23)9-12-22-15(2)5-3-6-18(22)24/h3,5-8,13H,4,9-12H2,1-2H3,(H,19,21)(H,20,23). The molecule has 24 heavy (non-hydrogen) atoms. The minimum Gasteiger partial charge on any atom is -0.370 e. The highest BCUT2D eigenvalue weighted by Gasteiger charge is 2.04. The Kier molecular flexibility index (Phi) is 6.54. The van der Waals surface area contributed by atoms with Gasteiger partial charge in [0.25, 0.3) is 5.56 Å². The quantitative estimate of drug-likeness (QED) is 0.725. The summed E-state index contributed by atoms with van der Waals surface area (Å²) in [4.78, 5) is 27.8. The molecule has 0 aromatic carbocycles. The Balaban J connectivity index is 1.63. The van der Waals surface area contributed by atoms with Gasteiger partial charge in [0.05, 0.1) is 0 Å². The number of aromatic nitrogens is 2. The molecule has 0 aliphatic rings. The van der Waals surface area contributed by atoms with Crippen LogP contribution in [0, 0.1) is 13.8 Å². The minimum atomic E-state index is -0.0717. The molecule has 6 nitrogen and oxygen atoms in total. The molecule has 0 saturated carbocycles. The van der Waals surface area contributed by atoms with E-state index in [4.69, 9.17) is 0 Å². The number of nitrogens with one attached hydrogen (secondary N) is 2. The Morgan fingerprint density at radius 2 is 2.00 bits per heavy atom. The Morgan fingerprint density at radius 3 is 2.71 bits per heavy atom. The monoisotopic (exact) mass is 328 g/mol. The first kappa shape index (κ1) is 17.7. The van der Waals surface area contributed by atoms with Gasteiger partial charge in [-0.15, -0.1) is 0 Å². The fraction of sp³-hybridized carbons (Fsp3) is 0.389. The van der Waals surface area contributed by atoms with Crippen molar-refractivity contribution in [1.29, 1.82) is 0 Å². The van der Waals surface area contributed by atoms with Gasteiger partial charge in [0.15, 0.2) is 0 Å². The predicted octanol–water partition coefficient (Wildman–Crippen LogP) is 1.87. The van der Waals surface area contributed by atoms with E-state index in [0.717, 1.165) is 30.0 Å². The van der Waals surface area contributed by atoms with Crippen molar-refractivity contribution in [2.45, 2.75) is 33.2 Å². The van der Waals surface area contributed by atoms with Crippen LogP contribution in [0.2, 0.25) is 0 Å². The second-order valence-corrected chi connectivity index (χ2v) is 5.76. The number of nitrogens with zero attached hydrogens (tertiary/aromatic N) is 2. The van der Waals surface area contributed by atoms with Gasteiger partial charge in [-0.25, -0.2) is 4.98 Å². The third-order valence-corrected chi connectivity index (χ3v) is 3.72. The van der Waals surface area contributed by atoms with E-state index in [1.54, 1.807) is 10.6 Å². The van der Waals surface area contributed by atoms with Gasteiger partial charge < -0.3 is 15.2 Å². The number of rotatable bonds is 8. The first-order chi connectivity index (χ1) is 11.6. The van der Waals surface area contributed by atoms with Crippen molar-refractivity contribution in [1.82, 2.24) is 14.9 Å². The molecular weight excluding hydrogens is 304 g/mol. The average molecular weight is 328 g/mol. The molecule has 2 rings (SSSR count). The maximum Gasteiger partial charge on any atom is 0.250 e. The van der Waals surface area contributed by atoms with Crippen LogP contribution < -0.4 is 16.2 Å². The lowest BCUT2D eigenvalue weighted by Gasteiger charge is -2.10. The number of carbonyl (C=O) groups is 1. The minimum absolute atomic E-state index is 0.0430. The highest BCUT2D eigenvalue weighted by atomic mass is 16.1. The lowest BCUT2D eigenvalue weighted by molar-refractivity contribution is -0.121. The van der Waals surface area contributed by atoms with E-state index >= 15 is 0 Å². The van der Waals surface area contributed by atoms with Crippen molar-refractivity contribution in [3.63, 3.8) is 0 Å². The summed E-state index contributed by atoms with van der Waals surface area (Å²) in [5.41, 5.74) is 1.92. The van der Waals surface area contributed by atoms with Gasteiger partial charge in [-0.1, -0.05) is 12.1 Å². The van der Waals surface area contributed by atoms with E-state index in [0.29, 0.717) is 19.5 Å². The van der Waals surface area contributed by atoms with Crippen LogP contribution in [-0.2, 0) is 11.3 Å². The van der Waals surface area contributed by atoms with Gasteiger partial charge in [0, 0.05) is 44.0 Å². The van der Waals surface area contributed by atoms with Crippen LogP contribution in [0.1, 0.15) is 24.1 Å². The van der Waals surface area contributed by atoms with E-state index < -0.39 is 0 Å². The summed E-state index contributed by atoms with van der Waals surface area (Å²) in [7, 11) is 0. The second-order valence-electron chi connectivity index (χ2n) is 5.76. The summed E-state index contributed by atoms with van der Waals surface area (Å²) in [6, 6.07) is 9.04. The smallest absolute Gasteiger partial charge is 0.250 e. The van der Waals surface area contributed by atoms with Crippen LogP contribution in [0.25, 0.3) is 0 Å². The third-order valence-electron chi connectivity index (χ3n) is 3.72. The molecule has 2 N–H and O–H groups in total. The number of hydrogen-bond donors (Lipinski definition) is 2. The molecule has 2 heterocycles. The molecule has 0 radical (unpaired) electrons. The molecule has 0 spiro atoms. The first-order valence-electron chi connectivity index (χ1n) is 8.16. The zero-order valence-corrected chi connectivity index (χ0v) is 14.2. The summed E-state index contributed by atoms with van der Waals surface area (Å²) in [5, 5.41) is 6.08. The van der Waals surface area contributed by atoms with E-state index in [-0.39, 0.29) is 11.5 Å². The number of hydrogen-bond acceptors (Lipinski definition) is 4. The maximum absolute atomic E-state index is 11.9. The maximum atomic E-state index is 11.9. The van der Waals surface area contributed by atoms with Crippen LogP contribution >= 0.6 is 0 Å². The fourth-order valence-corrected chi connectivity index (χ4v) is 2.32. The van der Waals surface area contributed by atoms with Crippen molar-refractivity contribution in [3.8, 4) is 0 Å². The van der Waals surface area contributed by atoms with E-state index in [1.807, 2.05) is 38.2 Å². The lowest BCUT2D eigenvalue weighted by atomic mass is 10.3. The zero-order valence-electron chi connectivity index (χ0n) is 14.2. The number of aryl methyl sites for hydroxylation is 2. The van der Waals surface area contributed by atoms with Crippen molar-refractivity contribution in [2.24, 2.45) is 0 Å². The molecule has 0 bridgehead atoms. The van der Waals surface area contributed by atoms with E-state index in [9.17, 15) is 9.59 Å². The van der Waals surface area contributed by atoms with E-state index in [1.165, 1.54) is 6.07 Å². The van der Waals surface area contributed by atoms with Crippen molar-refractivity contribution >= 4 is 11.7 Å². The summed E-state index contributed by atoms with van der Waals surface area (Å²) in [5.74, 6) is 0.796. The number of amides is 1. The molecule has 2 aromatic heterocycles. The van der Waals surface area contributed by atoms with Crippen LogP contribution in [0.3, 0.4) is 0 Å². The Hall–Kier alpha value is -2.63. The lowest BCUT2D eigenvalue weighted by Crippen LogP contribution is -2.29. The largest absolute Gasteiger partial charge is 0.370 e. The molecule has 0 aliphatic heterocycles. The number of pyridine rings is 2. The Morgan fingerprint density at radius 1 is 1.17 bits per heavy atom. The van der Waals surface area contributed by atoms with Crippen LogP contribution in [0.15, 0.2) is 41.3 Å². The topological polar surface area (TPSA) is 76.0 Å². The Labute approximate surface area is 141 Å². The van der Waals surface area contributed by atoms with Crippen LogP contribution in [0.4, 0.5) is 5.82 Å². The van der Waals surface area contributed by atoms with Crippen molar-refractivity contribution in [3.05, 3.63) is 58.1 Å². The summed E-state index contributed by atoms with van der Waals surface area (Å²) in [6.45, 7) is 5.61. The molecule has 0 aliphatic carbocycles. The highest BCUT2D eigenvalue weighted by molar-refractivity contribution is 5.75. The zero-order chi connectivity index (χ0) is 17.4. The number of carbonyl (C=O) groups excluding carboxylic acids is 1. The summed E-state index contributed by atoms with van der Waals surface area (Å²) >= 11 is 0. The molecule has 128 valence electrons. The van der Waals surface area contributed by atoms with Gasteiger partial charge >= 0.3 is 0 Å². The van der Waals surface area contributed by atoms with Gasteiger partial charge in [-0.3, -0.25) is 9.59 Å². The molecule has 0 saturated heterocycles. The molecule has 2 aromatic rings. The second kappa shape index (κ2) is 8.86. The SMILES string of the molecule is Cc1ccc(NCCCNC(=O)CCn2c(C)cccc2=O)nc1. The molecular formula is C18H24N4O2. The summed E-state index contributed by atoms with van der Waals surface area (Å²) < 4.78 is 1.62. The first-order valence-corrected chi connectivity index (χ1v) is 8.16. The molecule has 0 unspecified atom stereocenters. The third kappa shape index (κ3) is 5.53. The van der Waals surface area contributed by atoms with Gasteiger partial charge in [0.1, 0.15) is 5.82 Å². The summed E-state index contributed by atoms with van der Waals surface area (Å²) in [6.07, 6.45) is 2.93.